The third-order valence-corrected chi connectivity index (χ3v) is 3.02. The third kappa shape index (κ3) is 4.77. The van der Waals surface area contributed by atoms with Crippen molar-refractivity contribution in [3.63, 3.8) is 0 Å². The van der Waals surface area contributed by atoms with Crippen molar-refractivity contribution in [2.45, 2.75) is 19.9 Å². The molecule has 0 aliphatic heterocycles. The lowest BCUT2D eigenvalue weighted by atomic mass is 10.2. The minimum absolute atomic E-state index is 0.0484. The first-order valence-electron chi connectivity index (χ1n) is 5.74. The lowest BCUT2D eigenvalue weighted by Gasteiger charge is -2.14. The van der Waals surface area contributed by atoms with Crippen LogP contribution in [0.5, 0.6) is 0 Å². The van der Waals surface area contributed by atoms with Crippen molar-refractivity contribution < 1.29 is 9.13 Å². The molecule has 0 amide bonds. The fourth-order valence-electron chi connectivity index (χ4n) is 1.51. The summed E-state index contributed by atoms with van der Waals surface area (Å²) in [6.07, 6.45) is 0. The largest absolute Gasteiger partial charge is 0.382 e. The molecule has 1 atom stereocenters. The Morgan fingerprint density at radius 2 is 2.26 bits per heavy atom. The van der Waals surface area contributed by atoms with Crippen molar-refractivity contribution in [3.8, 4) is 0 Å². The van der Waals surface area contributed by atoms with Gasteiger partial charge in [-0.25, -0.2) is 15.2 Å². The van der Waals surface area contributed by atoms with Gasteiger partial charge in [0.05, 0.1) is 17.1 Å². The van der Waals surface area contributed by atoms with Crippen LogP contribution in [0.4, 0.5) is 10.1 Å². The Bertz CT molecular complexity index is 467. The maximum absolute atomic E-state index is 13.3. The summed E-state index contributed by atoms with van der Waals surface area (Å²) in [4.78, 5) is 4.31. The third-order valence-electron chi connectivity index (χ3n) is 2.41. The van der Waals surface area contributed by atoms with E-state index in [0.717, 1.165) is 11.3 Å². The van der Waals surface area contributed by atoms with Gasteiger partial charge in [0.15, 0.2) is 0 Å². The SMILES string of the molecule is COCC(C)N=C(NN)Nc1cc(Br)c(F)cc1C. The van der Waals surface area contributed by atoms with E-state index in [1.165, 1.54) is 6.07 Å². The summed E-state index contributed by atoms with van der Waals surface area (Å²) in [6, 6.07) is 3.02. The number of hydrogen-bond acceptors (Lipinski definition) is 3. The molecule has 0 bridgehead atoms. The lowest BCUT2D eigenvalue weighted by Crippen LogP contribution is -2.37. The fourth-order valence-corrected chi connectivity index (χ4v) is 1.86. The molecule has 106 valence electrons. The highest BCUT2D eigenvalue weighted by atomic mass is 79.9. The Kier molecular flexibility index (Phi) is 6.20. The average molecular weight is 333 g/mol. The van der Waals surface area contributed by atoms with E-state index in [-0.39, 0.29) is 11.9 Å². The average Bonchev–Trinajstić information content (AvgIpc) is 2.35. The Hall–Kier alpha value is -1.18. The van der Waals surface area contributed by atoms with Gasteiger partial charge in [0, 0.05) is 12.8 Å². The minimum Gasteiger partial charge on any atom is -0.382 e. The molecule has 0 aliphatic rings. The summed E-state index contributed by atoms with van der Waals surface area (Å²) in [5.74, 6) is 5.50. The second-order valence-corrected chi connectivity index (χ2v) is 4.99. The van der Waals surface area contributed by atoms with Crippen molar-refractivity contribution in [1.82, 2.24) is 5.43 Å². The summed E-state index contributed by atoms with van der Waals surface area (Å²) >= 11 is 3.14. The van der Waals surface area contributed by atoms with E-state index in [9.17, 15) is 4.39 Å². The Morgan fingerprint density at radius 1 is 1.58 bits per heavy atom. The van der Waals surface area contributed by atoms with Gasteiger partial charge in [-0.3, -0.25) is 5.43 Å². The van der Waals surface area contributed by atoms with Crippen LogP contribution in [0.15, 0.2) is 21.6 Å². The highest BCUT2D eigenvalue weighted by Gasteiger charge is 2.08. The number of halogens is 2. The van der Waals surface area contributed by atoms with Crippen LogP contribution in [0.3, 0.4) is 0 Å². The van der Waals surface area contributed by atoms with Crippen LogP contribution in [-0.2, 0) is 4.74 Å². The zero-order valence-electron chi connectivity index (χ0n) is 11.1. The first-order valence-corrected chi connectivity index (χ1v) is 6.53. The van der Waals surface area contributed by atoms with E-state index in [1.807, 2.05) is 6.92 Å². The summed E-state index contributed by atoms with van der Waals surface area (Å²) in [6.45, 7) is 4.18. The number of rotatable bonds is 4. The second kappa shape index (κ2) is 7.42. The van der Waals surface area contributed by atoms with Crippen LogP contribution in [-0.4, -0.2) is 25.7 Å². The molecule has 0 aliphatic carbocycles. The van der Waals surface area contributed by atoms with E-state index < -0.39 is 0 Å². The number of nitrogens with one attached hydrogen (secondary N) is 2. The van der Waals surface area contributed by atoms with Crippen molar-refractivity contribution >= 4 is 27.6 Å². The van der Waals surface area contributed by atoms with Gasteiger partial charge in [-0.05, 0) is 47.5 Å². The van der Waals surface area contributed by atoms with Crippen molar-refractivity contribution in [2.75, 3.05) is 19.0 Å². The van der Waals surface area contributed by atoms with E-state index in [2.05, 4.69) is 31.7 Å². The van der Waals surface area contributed by atoms with Gasteiger partial charge in [0.25, 0.3) is 0 Å². The second-order valence-electron chi connectivity index (χ2n) is 4.13. The molecule has 0 aromatic heterocycles. The van der Waals surface area contributed by atoms with Crippen molar-refractivity contribution in [1.29, 1.82) is 0 Å². The number of ether oxygens (including phenoxy) is 1. The van der Waals surface area contributed by atoms with E-state index in [0.29, 0.717) is 17.0 Å². The van der Waals surface area contributed by atoms with E-state index >= 15 is 0 Å². The van der Waals surface area contributed by atoms with Gasteiger partial charge in [0.2, 0.25) is 5.96 Å². The molecule has 1 aromatic rings. The molecule has 1 unspecified atom stereocenters. The standard InChI is InChI=1S/C12H18BrFN4O/c1-7-4-10(14)9(13)5-11(7)17-12(18-15)16-8(2)6-19-3/h4-5,8H,6,15H2,1-3H3,(H2,16,17,18). The zero-order chi connectivity index (χ0) is 14.4. The number of methoxy groups -OCH3 is 1. The van der Waals surface area contributed by atoms with Crippen LogP contribution in [0, 0.1) is 12.7 Å². The van der Waals surface area contributed by atoms with Crippen LogP contribution in [0.2, 0.25) is 0 Å². The quantitative estimate of drug-likeness (QED) is 0.342. The molecule has 0 fully saturated rings. The lowest BCUT2D eigenvalue weighted by molar-refractivity contribution is 0.185. The Balaban J connectivity index is 2.90. The predicted octanol–water partition coefficient (Wildman–Crippen LogP) is 2.16. The molecule has 4 N–H and O–H groups in total. The molecule has 0 radical (unpaired) electrons. The van der Waals surface area contributed by atoms with Gasteiger partial charge in [-0.1, -0.05) is 0 Å². The highest BCUT2D eigenvalue weighted by molar-refractivity contribution is 9.10. The monoisotopic (exact) mass is 332 g/mol. The number of aryl methyl sites for hydroxylation is 1. The van der Waals surface area contributed by atoms with Gasteiger partial charge < -0.3 is 10.1 Å². The number of benzene rings is 1. The smallest absolute Gasteiger partial charge is 0.210 e. The molecular weight excluding hydrogens is 315 g/mol. The molecule has 0 saturated carbocycles. The topological polar surface area (TPSA) is 71.7 Å². The number of anilines is 1. The highest BCUT2D eigenvalue weighted by Crippen LogP contribution is 2.24. The molecule has 19 heavy (non-hydrogen) atoms. The fraction of sp³-hybridized carbons (Fsp3) is 0.417. The molecule has 0 saturated heterocycles. The summed E-state index contributed by atoms with van der Waals surface area (Å²) in [5, 5.41) is 3.02. The van der Waals surface area contributed by atoms with E-state index in [1.54, 1.807) is 20.1 Å². The maximum atomic E-state index is 13.3. The van der Waals surface area contributed by atoms with E-state index in [4.69, 9.17) is 10.6 Å². The van der Waals surface area contributed by atoms with Gasteiger partial charge in [-0.2, -0.15) is 0 Å². The zero-order valence-corrected chi connectivity index (χ0v) is 12.7. The van der Waals surface area contributed by atoms with Crippen molar-refractivity contribution in [2.24, 2.45) is 10.8 Å². The molecule has 5 nitrogen and oxygen atoms in total. The van der Waals surface area contributed by atoms with Crippen molar-refractivity contribution in [3.05, 3.63) is 28.0 Å². The number of guanidine groups is 1. The summed E-state index contributed by atoms with van der Waals surface area (Å²) in [5.41, 5.74) is 3.95. The summed E-state index contributed by atoms with van der Waals surface area (Å²) < 4.78 is 18.7. The van der Waals surface area contributed by atoms with Gasteiger partial charge >= 0.3 is 0 Å². The normalized spacial score (nSPS) is 13.3. The molecular formula is C12H18BrFN4O. The van der Waals surface area contributed by atoms with Crippen LogP contribution in [0.25, 0.3) is 0 Å². The summed E-state index contributed by atoms with van der Waals surface area (Å²) in [7, 11) is 1.61. The number of nitrogens with two attached hydrogens (primary N) is 1. The molecule has 0 spiro atoms. The Labute approximate surface area is 120 Å². The first-order chi connectivity index (χ1) is 8.97. The van der Waals surface area contributed by atoms with Crippen LogP contribution < -0.4 is 16.6 Å². The van der Waals surface area contributed by atoms with Crippen LogP contribution in [0.1, 0.15) is 12.5 Å². The molecule has 1 rings (SSSR count). The Morgan fingerprint density at radius 3 is 2.84 bits per heavy atom. The predicted molar refractivity (Wildman–Crippen MR) is 78.6 cm³/mol. The minimum atomic E-state index is -0.310. The van der Waals surface area contributed by atoms with Crippen LogP contribution >= 0.6 is 15.9 Å². The molecule has 0 heterocycles. The van der Waals surface area contributed by atoms with Gasteiger partial charge in [-0.15, -0.1) is 0 Å². The van der Waals surface area contributed by atoms with Gasteiger partial charge in [0.1, 0.15) is 5.82 Å². The molecule has 7 heteroatoms. The molecule has 1 aromatic carbocycles. The maximum Gasteiger partial charge on any atom is 0.210 e. The number of hydrazine groups is 1. The number of aliphatic imine (C=N–C) groups is 1. The number of hydrogen-bond donors (Lipinski definition) is 3. The first kappa shape index (κ1) is 15.9. The number of nitrogens with zero attached hydrogens (tertiary/aromatic N) is 1.